The normalized spacial score (nSPS) is 10.7. The van der Waals surface area contributed by atoms with Crippen molar-refractivity contribution in [2.45, 2.75) is 13.5 Å². The Labute approximate surface area is 140 Å². The minimum Gasteiger partial charge on any atom is -0.445 e. The SMILES string of the molecule is Cc1cc(C=CCNC(=O)OCc2ccccc2)cc(Cl)c1N. The first-order valence-electron chi connectivity index (χ1n) is 7.23. The van der Waals surface area contributed by atoms with Gasteiger partial charge in [0.1, 0.15) is 6.61 Å². The molecular formula is C18H19ClN2O2. The van der Waals surface area contributed by atoms with Crippen molar-refractivity contribution < 1.29 is 9.53 Å². The van der Waals surface area contributed by atoms with E-state index in [1.165, 1.54) is 0 Å². The van der Waals surface area contributed by atoms with Crippen molar-refractivity contribution in [2.24, 2.45) is 0 Å². The van der Waals surface area contributed by atoms with Crippen LogP contribution in [0.2, 0.25) is 5.02 Å². The van der Waals surface area contributed by atoms with Gasteiger partial charge in [0.2, 0.25) is 0 Å². The fraction of sp³-hybridized carbons (Fsp3) is 0.167. The number of carbonyl (C=O) groups is 1. The number of amides is 1. The number of benzene rings is 2. The van der Waals surface area contributed by atoms with E-state index < -0.39 is 6.09 Å². The highest BCUT2D eigenvalue weighted by Gasteiger charge is 2.02. The summed E-state index contributed by atoms with van der Waals surface area (Å²) < 4.78 is 5.11. The number of hydrogen-bond acceptors (Lipinski definition) is 3. The fourth-order valence-corrected chi connectivity index (χ4v) is 2.26. The summed E-state index contributed by atoms with van der Waals surface area (Å²) in [5, 5.41) is 3.19. The van der Waals surface area contributed by atoms with E-state index in [-0.39, 0.29) is 6.61 Å². The number of anilines is 1. The Hall–Kier alpha value is -2.46. The van der Waals surface area contributed by atoms with E-state index in [1.54, 1.807) is 6.07 Å². The number of hydrogen-bond donors (Lipinski definition) is 2. The second kappa shape index (κ2) is 8.25. The van der Waals surface area contributed by atoms with Crippen LogP contribution in [0.4, 0.5) is 10.5 Å². The zero-order chi connectivity index (χ0) is 16.7. The van der Waals surface area contributed by atoms with E-state index in [0.29, 0.717) is 17.3 Å². The number of aryl methyl sites for hydroxylation is 1. The molecule has 0 saturated heterocycles. The van der Waals surface area contributed by atoms with Gasteiger partial charge in [-0.2, -0.15) is 0 Å². The Kier molecular flexibility index (Phi) is 6.06. The summed E-state index contributed by atoms with van der Waals surface area (Å²) in [6, 6.07) is 13.2. The molecule has 0 aliphatic rings. The maximum atomic E-state index is 11.6. The first-order valence-corrected chi connectivity index (χ1v) is 7.61. The molecule has 0 saturated carbocycles. The predicted molar refractivity (Wildman–Crippen MR) is 94.3 cm³/mol. The van der Waals surface area contributed by atoms with E-state index in [9.17, 15) is 4.79 Å². The van der Waals surface area contributed by atoms with Gasteiger partial charge < -0.3 is 15.8 Å². The molecule has 0 spiro atoms. The molecule has 0 fully saturated rings. The lowest BCUT2D eigenvalue weighted by atomic mass is 10.1. The quantitative estimate of drug-likeness (QED) is 0.809. The number of rotatable bonds is 5. The molecule has 0 radical (unpaired) electrons. The molecule has 3 N–H and O–H groups in total. The van der Waals surface area contributed by atoms with Gasteiger partial charge in [-0.15, -0.1) is 0 Å². The van der Waals surface area contributed by atoms with E-state index in [2.05, 4.69) is 5.32 Å². The number of ether oxygens (including phenoxy) is 1. The van der Waals surface area contributed by atoms with Gasteiger partial charge in [0.15, 0.2) is 0 Å². The maximum absolute atomic E-state index is 11.6. The molecule has 0 aliphatic carbocycles. The van der Waals surface area contributed by atoms with Crippen LogP contribution in [-0.4, -0.2) is 12.6 Å². The van der Waals surface area contributed by atoms with Gasteiger partial charge in [-0.1, -0.05) is 54.1 Å². The first kappa shape index (κ1) is 16.9. The first-order chi connectivity index (χ1) is 11.1. The van der Waals surface area contributed by atoms with E-state index >= 15 is 0 Å². The van der Waals surface area contributed by atoms with Crippen LogP contribution >= 0.6 is 11.6 Å². The van der Waals surface area contributed by atoms with Gasteiger partial charge in [-0.3, -0.25) is 0 Å². The van der Waals surface area contributed by atoms with Crippen LogP contribution < -0.4 is 11.1 Å². The molecule has 0 unspecified atom stereocenters. The summed E-state index contributed by atoms with van der Waals surface area (Å²) in [6.07, 6.45) is 3.24. The number of nitrogens with one attached hydrogen (secondary N) is 1. The molecule has 0 bridgehead atoms. The summed E-state index contributed by atoms with van der Waals surface area (Å²) in [6.45, 7) is 2.52. The molecule has 5 heteroatoms. The number of nitrogen functional groups attached to an aromatic ring is 1. The minimum atomic E-state index is -0.454. The van der Waals surface area contributed by atoms with Gasteiger partial charge in [0.05, 0.1) is 10.7 Å². The lowest BCUT2D eigenvalue weighted by Crippen LogP contribution is -2.24. The molecule has 2 aromatic rings. The number of alkyl carbamates (subject to hydrolysis) is 1. The lowest BCUT2D eigenvalue weighted by Gasteiger charge is -2.06. The van der Waals surface area contributed by atoms with Gasteiger partial charge in [0, 0.05) is 6.54 Å². The van der Waals surface area contributed by atoms with Gasteiger partial charge in [-0.05, 0) is 35.7 Å². The van der Waals surface area contributed by atoms with Crippen LogP contribution in [-0.2, 0) is 11.3 Å². The molecule has 2 rings (SSSR count). The number of halogens is 1. The topological polar surface area (TPSA) is 64.3 Å². The van der Waals surface area contributed by atoms with Crippen molar-refractivity contribution in [3.05, 3.63) is 70.3 Å². The molecule has 4 nitrogen and oxygen atoms in total. The Morgan fingerprint density at radius 2 is 2.04 bits per heavy atom. The summed E-state index contributed by atoms with van der Waals surface area (Å²) >= 11 is 6.03. The number of nitrogens with two attached hydrogens (primary N) is 1. The van der Waals surface area contributed by atoms with Crippen LogP contribution in [0.25, 0.3) is 6.08 Å². The van der Waals surface area contributed by atoms with Crippen molar-refractivity contribution in [1.82, 2.24) is 5.32 Å². The molecular weight excluding hydrogens is 312 g/mol. The van der Waals surface area contributed by atoms with Gasteiger partial charge in [0.25, 0.3) is 0 Å². The van der Waals surface area contributed by atoms with Crippen molar-refractivity contribution in [1.29, 1.82) is 0 Å². The number of carbonyl (C=O) groups excluding carboxylic acids is 1. The second-order valence-corrected chi connectivity index (χ2v) is 5.49. The van der Waals surface area contributed by atoms with Gasteiger partial charge >= 0.3 is 6.09 Å². The average Bonchev–Trinajstić information content (AvgIpc) is 2.55. The molecule has 2 aromatic carbocycles. The predicted octanol–water partition coefficient (Wildman–Crippen LogP) is 4.17. The fourth-order valence-electron chi connectivity index (χ4n) is 1.99. The summed E-state index contributed by atoms with van der Waals surface area (Å²) in [5.41, 5.74) is 9.19. The maximum Gasteiger partial charge on any atom is 0.407 e. The summed E-state index contributed by atoms with van der Waals surface area (Å²) in [4.78, 5) is 11.6. The zero-order valence-electron chi connectivity index (χ0n) is 12.9. The zero-order valence-corrected chi connectivity index (χ0v) is 13.6. The summed E-state index contributed by atoms with van der Waals surface area (Å²) in [7, 11) is 0. The smallest absolute Gasteiger partial charge is 0.407 e. The molecule has 1 amide bonds. The molecule has 0 aromatic heterocycles. The summed E-state index contributed by atoms with van der Waals surface area (Å²) in [5.74, 6) is 0. The molecule has 0 atom stereocenters. The largest absolute Gasteiger partial charge is 0.445 e. The minimum absolute atomic E-state index is 0.253. The van der Waals surface area contributed by atoms with Crippen molar-refractivity contribution in [2.75, 3.05) is 12.3 Å². The molecule has 0 heterocycles. The third kappa shape index (κ3) is 5.34. The van der Waals surface area contributed by atoms with Crippen molar-refractivity contribution in [3.8, 4) is 0 Å². The van der Waals surface area contributed by atoms with E-state index in [1.807, 2.05) is 55.5 Å². The van der Waals surface area contributed by atoms with Crippen LogP contribution in [0.1, 0.15) is 16.7 Å². The third-order valence-electron chi connectivity index (χ3n) is 3.25. The second-order valence-electron chi connectivity index (χ2n) is 5.08. The highest BCUT2D eigenvalue weighted by molar-refractivity contribution is 6.33. The monoisotopic (exact) mass is 330 g/mol. The van der Waals surface area contributed by atoms with E-state index in [4.69, 9.17) is 22.1 Å². The molecule has 23 heavy (non-hydrogen) atoms. The lowest BCUT2D eigenvalue weighted by molar-refractivity contribution is 0.141. The highest BCUT2D eigenvalue weighted by atomic mass is 35.5. The Balaban J connectivity index is 1.77. The van der Waals surface area contributed by atoms with Crippen molar-refractivity contribution in [3.63, 3.8) is 0 Å². The average molecular weight is 331 g/mol. The highest BCUT2D eigenvalue weighted by Crippen LogP contribution is 2.24. The van der Waals surface area contributed by atoms with Crippen molar-refractivity contribution >= 4 is 29.5 Å². The third-order valence-corrected chi connectivity index (χ3v) is 3.56. The molecule has 0 aliphatic heterocycles. The Morgan fingerprint density at radius 3 is 2.74 bits per heavy atom. The van der Waals surface area contributed by atoms with Crippen LogP contribution in [0, 0.1) is 6.92 Å². The van der Waals surface area contributed by atoms with Crippen LogP contribution in [0.15, 0.2) is 48.5 Å². The molecule has 120 valence electrons. The van der Waals surface area contributed by atoms with Gasteiger partial charge in [-0.25, -0.2) is 4.79 Å². The standard InChI is InChI=1S/C18H19ClN2O2/c1-13-10-15(11-16(19)17(13)20)8-5-9-21-18(22)23-12-14-6-3-2-4-7-14/h2-8,10-11H,9,12,20H2,1H3,(H,21,22). The van der Waals surface area contributed by atoms with Crippen LogP contribution in [0.5, 0.6) is 0 Å². The van der Waals surface area contributed by atoms with Crippen LogP contribution in [0.3, 0.4) is 0 Å². The van der Waals surface area contributed by atoms with E-state index in [0.717, 1.165) is 16.7 Å². The Bertz CT molecular complexity index is 676. The Morgan fingerprint density at radius 1 is 1.30 bits per heavy atom.